The van der Waals surface area contributed by atoms with Crippen LogP contribution in [0.2, 0.25) is 0 Å². The summed E-state index contributed by atoms with van der Waals surface area (Å²) in [5.74, 6) is -0.596. The monoisotopic (exact) mass is 445 g/mol. The van der Waals surface area contributed by atoms with Gasteiger partial charge in [-0.05, 0) is 31.0 Å². The summed E-state index contributed by atoms with van der Waals surface area (Å²) in [4.78, 5) is 12.4. The van der Waals surface area contributed by atoms with Crippen molar-refractivity contribution in [1.29, 1.82) is 0 Å². The number of aryl methyl sites for hydroxylation is 1. The molecule has 0 aromatic carbocycles. The van der Waals surface area contributed by atoms with Gasteiger partial charge in [0, 0.05) is 40.4 Å². The van der Waals surface area contributed by atoms with E-state index in [1.54, 1.807) is 7.05 Å². The highest BCUT2D eigenvalue weighted by molar-refractivity contribution is 7.89. The number of ether oxygens (including phenoxy) is 1. The molecule has 1 aliphatic heterocycles. The first-order chi connectivity index (χ1) is 13.5. The predicted octanol–water partition coefficient (Wildman–Crippen LogP) is 1.01. The van der Waals surface area contributed by atoms with Crippen molar-refractivity contribution < 1.29 is 30.8 Å². The maximum absolute atomic E-state index is 12.6. The minimum Gasteiger partial charge on any atom is -0.453 e. The maximum Gasteiger partial charge on any atom is 0.355 e. The summed E-state index contributed by atoms with van der Waals surface area (Å²) in [7, 11) is -3.07. The quantitative estimate of drug-likeness (QED) is 0.584. The van der Waals surface area contributed by atoms with E-state index < -0.39 is 26.0 Å². The SMILES string of the molecule is CN(C)S(=O)(=O)c1ccc(COC(=O)c2cc(S(=O)(=O)N3CCCC3)cn2C)o1. The molecule has 0 spiro atoms. The average molecular weight is 446 g/mol. The molecule has 0 N–H and O–H groups in total. The Labute approximate surface area is 169 Å². The molecule has 2 aromatic rings. The van der Waals surface area contributed by atoms with Crippen molar-refractivity contribution in [2.24, 2.45) is 7.05 Å². The number of aromatic nitrogens is 1. The predicted molar refractivity (Wildman–Crippen MR) is 102 cm³/mol. The molecular formula is C17H23N3O7S2. The van der Waals surface area contributed by atoms with Gasteiger partial charge in [-0.2, -0.15) is 4.31 Å². The fraction of sp³-hybridized carbons (Fsp3) is 0.471. The summed E-state index contributed by atoms with van der Waals surface area (Å²) in [6, 6.07) is 3.96. The molecule has 0 amide bonds. The lowest BCUT2D eigenvalue weighted by Crippen LogP contribution is -2.27. The van der Waals surface area contributed by atoms with E-state index in [1.165, 1.54) is 47.4 Å². The molecule has 0 bridgehead atoms. The van der Waals surface area contributed by atoms with Crippen molar-refractivity contribution in [2.75, 3.05) is 27.2 Å². The highest BCUT2D eigenvalue weighted by Gasteiger charge is 2.30. The molecule has 12 heteroatoms. The topological polar surface area (TPSA) is 119 Å². The number of rotatable bonds is 7. The van der Waals surface area contributed by atoms with E-state index in [-0.39, 0.29) is 28.0 Å². The summed E-state index contributed by atoms with van der Waals surface area (Å²) in [6.07, 6.45) is 3.00. The summed E-state index contributed by atoms with van der Waals surface area (Å²) in [5.41, 5.74) is 0.0652. The van der Waals surface area contributed by atoms with Gasteiger partial charge in [0.1, 0.15) is 23.0 Å². The van der Waals surface area contributed by atoms with E-state index in [1.807, 2.05) is 0 Å². The maximum atomic E-state index is 12.6. The number of carbonyl (C=O) groups is 1. The van der Waals surface area contributed by atoms with Gasteiger partial charge < -0.3 is 13.7 Å². The number of carbonyl (C=O) groups excluding carboxylic acids is 1. The zero-order valence-electron chi connectivity index (χ0n) is 16.4. The second kappa shape index (κ2) is 7.94. The highest BCUT2D eigenvalue weighted by Crippen LogP contribution is 2.23. The van der Waals surface area contributed by atoms with Crippen molar-refractivity contribution in [2.45, 2.75) is 29.4 Å². The van der Waals surface area contributed by atoms with Crippen LogP contribution in [0.4, 0.5) is 0 Å². The van der Waals surface area contributed by atoms with Crippen LogP contribution in [0.15, 0.2) is 38.8 Å². The number of sulfonamides is 2. The van der Waals surface area contributed by atoms with Crippen LogP contribution in [0.25, 0.3) is 0 Å². The van der Waals surface area contributed by atoms with Gasteiger partial charge in [0.15, 0.2) is 0 Å². The summed E-state index contributed by atoms with van der Waals surface area (Å²) >= 11 is 0. The second-order valence-corrected chi connectivity index (χ2v) is 10.9. The van der Waals surface area contributed by atoms with Crippen molar-refractivity contribution in [3.05, 3.63) is 35.9 Å². The molecule has 10 nitrogen and oxygen atoms in total. The zero-order valence-corrected chi connectivity index (χ0v) is 18.0. The second-order valence-electron chi connectivity index (χ2n) is 6.87. The van der Waals surface area contributed by atoms with Crippen molar-refractivity contribution in [3.8, 4) is 0 Å². The smallest absolute Gasteiger partial charge is 0.355 e. The van der Waals surface area contributed by atoms with E-state index in [9.17, 15) is 21.6 Å². The van der Waals surface area contributed by atoms with Crippen LogP contribution >= 0.6 is 0 Å². The Morgan fingerprint density at radius 3 is 2.45 bits per heavy atom. The first-order valence-electron chi connectivity index (χ1n) is 8.88. The standard InChI is InChI=1S/C17H23N3O7S2/c1-18(2)29(24,25)16-7-6-13(27-16)12-26-17(21)15-10-14(11-19(15)3)28(22,23)20-8-4-5-9-20/h6-7,10-11H,4-5,8-9,12H2,1-3H3. The lowest BCUT2D eigenvalue weighted by molar-refractivity contribution is 0.0429. The van der Waals surface area contributed by atoms with Gasteiger partial charge in [-0.1, -0.05) is 0 Å². The molecule has 0 unspecified atom stereocenters. The minimum absolute atomic E-state index is 0.0335. The van der Waals surface area contributed by atoms with Gasteiger partial charge in [0.05, 0.1) is 0 Å². The summed E-state index contributed by atoms with van der Waals surface area (Å²) < 4.78 is 63.5. The molecule has 0 saturated carbocycles. The van der Waals surface area contributed by atoms with E-state index in [0.29, 0.717) is 13.1 Å². The van der Waals surface area contributed by atoms with E-state index in [2.05, 4.69) is 0 Å². The van der Waals surface area contributed by atoms with E-state index >= 15 is 0 Å². The molecule has 2 aromatic heterocycles. The Morgan fingerprint density at radius 2 is 1.83 bits per heavy atom. The van der Waals surface area contributed by atoms with E-state index in [0.717, 1.165) is 17.1 Å². The van der Waals surface area contributed by atoms with Crippen molar-refractivity contribution in [3.63, 3.8) is 0 Å². The van der Waals surface area contributed by atoms with E-state index in [4.69, 9.17) is 9.15 Å². The molecule has 1 aliphatic rings. The Kier molecular flexibility index (Phi) is 5.90. The first-order valence-corrected chi connectivity index (χ1v) is 11.8. The van der Waals surface area contributed by atoms with Gasteiger partial charge in [-0.15, -0.1) is 0 Å². The lowest BCUT2D eigenvalue weighted by Gasteiger charge is -2.13. The van der Waals surface area contributed by atoms with Gasteiger partial charge in [-0.3, -0.25) is 0 Å². The van der Waals surface area contributed by atoms with Crippen LogP contribution in [0, 0.1) is 0 Å². The van der Waals surface area contributed by atoms with Crippen molar-refractivity contribution in [1.82, 2.24) is 13.2 Å². The molecular weight excluding hydrogens is 422 g/mol. The average Bonchev–Trinajstić information content (AvgIpc) is 3.39. The third-order valence-corrected chi connectivity index (χ3v) is 8.16. The third-order valence-electron chi connectivity index (χ3n) is 4.61. The van der Waals surface area contributed by atoms with Crippen LogP contribution < -0.4 is 0 Å². The normalized spacial score (nSPS) is 15.9. The molecule has 160 valence electrons. The van der Waals surface area contributed by atoms with Crippen LogP contribution in [-0.4, -0.2) is 63.2 Å². The molecule has 29 heavy (non-hydrogen) atoms. The molecule has 0 atom stereocenters. The first kappa shape index (κ1) is 21.6. The van der Waals surface area contributed by atoms with Crippen LogP contribution in [0.3, 0.4) is 0 Å². The number of nitrogens with zero attached hydrogens (tertiary/aromatic N) is 3. The van der Waals surface area contributed by atoms with Crippen LogP contribution in [-0.2, 0) is 38.4 Å². The molecule has 3 heterocycles. The third kappa shape index (κ3) is 4.25. The van der Waals surface area contributed by atoms with Crippen molar-refractivity contribution >= 4 is 26.0 Å². The zero-order chi connectivity index (χ0) is 21.4. The van der Waals surface area contributed by atoms with Gasteiger partial charge in [0.2, 0.25) is 15.1 Å². The van der Waals surface area contributed by atoms with Gasteiger partial charge in [0.25, 0.3) is 10.0 Å². The Morgan fingerprint density at radius 1 is 1.17 bits per heavy atom. The molecule has 0 radical (unpaired) electrons. The summed E-state index contributed by atoms with van der Waals surface area (Å²) in [6.45, 7) is 0.641. The Hall–Kier alpha value is -2.15. The largest absolute Gasteiger partial charge is 0.453 e. The highest BCUT2D eigenvalue weighted by atomic mass is 32.2. The Balaban J connectivity index is 1.71. The van der Waals surface area contributed by atoms with Crippen LogP contribution in [0.1, 0.15) is 29.1 Å². The summed E-state index contributed by atoms with van der Waals surface area (Å²) in [5, 5.41) is -0.258. The minimum atomic E-state index is -3.72. The number of hydrogen-bond acceptors (Lipinski definition) is 7. The molecule has 3 rings (SSSR count). The fourth-order valence-electron chi connectivity index (χ4n) is 2.92. The lowest BCUT2D eigenvalue weighted by atomic mass is 10.4. The van der Waals surface area contributed by atoms with Gasteiger partial charge >= 0.3 is 5.97 Å². The number of furan rings is 1. The Bertz CT molecular complexity index is 1110. The molecule has 1 saturated heterocycles. The molecule has 0 aliphatic carbocycles. The van der Waals surface area contributed by atoms with Gasteiger partial charge in [-0.25, -0.2) is 25.9 Å². The number of esters is 1. The van der Waals surface area contributed by atoms with Crippen LogP contribution in [0.5, 0.6) is 0 Å². The number of hydrogen-bond donors (Lipinski definition) is 0. The fourth-order valence-corrected chi connectivity index (χ4v) is 5.32. The molecule has 1 fully saturated rings.